The van der Waals surface area contributed by atoms with E-state index in [1.165, 1.54) is 24.3 Å². The summed E-state index contributed by atoms with van der Waals surface area (Å²) in [4.78, 5) is 11.2. The molecule has 2 aromatic carbocycles. The van der Waals surface area contributed by atoms with E-state index in [9.17, 15) is 31.1 Å². The molecule has 0 saturated carbocycles. The van der Waals surface area contributed by atoms with E-state index in [2.05, 4.69) is 0 Å². The molecule has 0 saturated heterocycles. The zero-order chi connectivity index (χ0) is 18.7. The summed E-state index contributed by atoms with van der Waals surface area (Å²) in [5.41, 5.74) is -0.500. The van der Waals surface area contributed by atoms with Crippen molar-refractivity contribution in [2.75, 3.05) is 13.3 Å². The second kappa shape index (κ2) is 7.29. The summed E-state index contributed by atoms with van der Waals surface area (Å²) in [5.74, 6) is -8.25. The van der Waals surface area contributed by atoms with Gasteiger partial charge in [-0.2, -0.15) is 17.6 Å². The van der Waals surface area contributed by atoms with Crippen molar-refractivity contribution < 1.29 is 31.1 Å². The Bertz CT molecular complexity index is 650. The van der Waals surface area contributed by atoms with Crippen LogP contribution in [0.15, 0.2) is 48.5 Å². The first kappa shape index (κ1) is 19.0. The molecule has 133 valence electrons. The highest BCUT2D eigenvalue weighted by Gasteiger charge is 2.32. The van der Waals surface area contributed by atoms with Crippen molar-refractivity contribution >= 4 is 6.29 Å². The molecule has 0 aliphatic carbocycles. The van der Waals surface area contributed by atoms with Gasteiger partial charge in [0, 0.05) is 11.1 Å². The van der Waals surface area contributed by atoms with E-state index in [4.69, 9.17) is 0 Å². The number of carbonyl (C=O) groups excluding carboxylic acids is 1. The molecule has 0 amide bonds. The highest BCUT2D eigenvalue weighted by atomic mass is 19.3. The SMILES string of the molecule is O=[C]C(c1ccc(C(F)(F)CF)cc1)c1ccc(C(F)(F)CF)cc1. The van der Waals surface area contributed by atoms with Crippen molar-refractivity contribution in [3.8, 4) is 0 Å². The molecule has 0 unspecified atom stereocenters. The van der Waals surface area contributed by atoms with Crippen LogP contribution >= 0.6 is 0 Å². The first-order valence-electron chi connectivity index (χ1n) is 7.21. The van der Waals surface area contributed by atoms with E-state index in [0.29, 0.717) is 11.1 Å². The molecule has 0 aliphatic rings. The molecular weight excluding hydrogens is 346 g/mol. The van der Waals surface area contributed by atoms with Crippen LogP contribution in [0.5, 0.6) is 0 Å². The van der Waals surface area contributed by atoms with Crippen molar-refractivity contribution in [2.24, 2.45) is 0 Å². The maximum absolute atomic E-state index is 13.3. The van der Waals surface area contributed by atoms with Crippen molar-refractivity contribution in [2.45, 2.75) is 17.8 Å². The van der Waals surface area contributed by atoms with Crippen LogP contribution in [0.4, 0.5) is 26.3 Å². The monoisotopic (exact) mass is 359 g/mol. The Morgan fingerprint density at radius 3 is 1.28 bits per heavy atom. The van der Waals surface area contributed by atoms with Crippen molar-refractivity contribution in [1.29, 1.82) is 0 Å². The lowest BCUT2D eigenvalue weighted by atomic mass is 9.90. The Morgan fingerprint density at radius 1 is 0.720 bits per heavy atom. The molecule has 1 radical (unpaired) electrons. The largest absolute Gasteiger partial charge is 0.301 e. The minimum Gasteiger partial charge on any atom is -0.290 e. The fraction of sp³-hybridized carbons (Fsp3) is 0.278. The van der Waals surface area contributed by atoms with E-state index >= 15 is 0 Å². The van der Waals surface area contributed by atoms with Gasteiger partial charge in [0.1, 0.15) is 0 Å². The molecular formula is C18H13F6O. The van der Waals surface area contributed by atoms with Gasteiger partial charge in [-0.1, -0.05) is 48.5 Å². The normalized spacial score (nSPS) is 12.4. The van der Waals surface area contributed by atoms with E-state index < -0.39 is 42.2 Å². The Kier molecular flexibility index (Phi) is 5.55. The second-order valence-electron chi connectivity index (χ2n) is 5.47. The minimum absolute atomic E-state index is 0.290. The van der Waals surface area contributed by atoms with Crippen LogP contribution in [0.3, 0.4) is 0 Å². The number of hydrogen-bond donors (Lipinski definition) is 0. The smallest absolute Gasteiger partial charge is 0.290 e. The van der Waals surface area contributed by atoms with Crippen molar-refractivity contribution in [3.63, 3.8) is 0 Å². The zero-order valence-electron chi connectivity index (χ0n) is 12.8. The van der Waals surface area contributed by atoms with Crippen LogP contribution in [0.25, 0.3) is 0 Å². The summed E-state index contributed by atoms with van der Waals surface area (Å²) in [7, 11) is 0. The van der Waals surface area contributed by atoms with Crippen LogP contribution in [-0.2, 0) is 16.6 Å². The van der Waals surface area contributed by atoms with Crippen LogP contribution < -0.4 is 0 Å². The van der Waals surface area contributed by atoms with Gasteiger partial charge >= 0.3 is 11.8 Å². The summed E-state index contributed by atoms with van der Waals surface area (Å²) in [6, 6.07) is 8.85. The van der Waals surface area contributed by atoms with Gasteiger partial charge in [0.2, 0.25) is 6.29 Å². The van der Waals surface area contributed by atoms with Crippen LogP contribution in [0, 0.1) is 0 Å². The molecule has 0 atom stereocenters. The minimum atomic E-state index is -3.63. The molecule has 0 aromatic heterocycles. The lowest BCUT2D eigenvalue weighted by Gasteiger charge is -2.16. The maximum Gasteiger partial charge on any atom is 0.301 e. The Labute approximate surface area is 140 Å². The van der Waals surface area contributed by atoms with Crippen LogP contribution in [0.1, 0.15) is 28.2 Å². The number of benzene rings is 2. The molecule has 0 bridgehead atoms. The van der Waals surface area contributed by atoms with Gasteiger partial charge in [0.05, 0.1) is 5.92 Å². The van der Waals surface area contributed by atoms with Gasteiger partial charge < -0.3 is 0 Å². The van der Waals surface area contributed by atoms with E-state index in [-0.39, 0.29) is 0 Å². The molecule has 0 aliphatic heterocycles. The first-order chi connectivity index (χ1) is 11.7. The fourth-order valence-electron chi connectivity index (χ4n) is 2.32. The van der Waals surface area contributed by atoms with Gasteiger partial charge in [-0.05, 0) is 11.1 Å². The lowest BCUT2D eigenvalue weighted by molar-refractivity contribution is -0.0283. The molecule has 2 rings (SSSR count). The van der Waals surface area contributed by atoms with Gasteiger partial charge in [-0.15, -0.1) is 0 Å². The number of halogens is 6. The molecule has 25 heavy (non-hydrogen) atoms. The van der Waals surface area contributed by atoms with E-state index in [1.807, 2.05) is 0 Å². The molecule has 0 heterocycles. The Hall–Kier alpha value is -2.31. The molecule has 0 N–H and O–H groups in total. The fourth-order valence-corrected chi connectivity index (χ4v) is 2.32. The van der Waals surface area contributed by atoms with Gasteiger partial charge in [0.25, 0.3) is 0 Å². The summed E-state index contributed by atoms with van der Waals surface area (Å²) < 4.78 is 77.7. The number of rotatable bonds is 7. The van der Waals surface area contributed by atoms with Crippen LogP contribution in [-0.4, -0.2) is 19.6 Å². The summed E-state index contributed by atoms with van der Waals surface area (Å²) in [6.45, 7) is -3.69. The summed E-state index contributed by atoms with van der Waals surface area (Å²) in [5, 5.41) is 0. The van der Waals surface area contributed by atoms with Gasteiger partial charge in [-0.3, -0.25) is 4.79 Å². The third kappa shape index (κ3) is 4.03. The highest BCUT2D eigenvalue weighted by molar-refractivity contribution is 5.69. The third-order valence-corrected chi connectivity index (χ3v) is 3.79. The zero-order valence-corrected chi connectivity index (χ0v) is 12.8. The van der Waals surface area contributed by atoms with E-state index in [1.54, 1.807) is 6.29 Å². The first-order valence-corrected chi connectivity index (χ1v) is 7.21. The highest BCUT2D eigenvalue weighted by Crippen LogP contribution is 2.32. The summed E-state index contributed by atoms with van der Waals surface area (Å²) >= 11 is 0. The molecule has 1 nitrogen and oxygen atoms in total. The average molecular weight is 359 g/mol. The Morgan fingerprint density at radius 2 is 1.04 bits per heavy atom. The molecule has 0 fully saturated rings. The molecule has 0 spiro atoms. The van der Waals surface area contributed by atoms with Crippen molar-refractivity contribution in [3.05, 3.63) is 70.8 Å². The van der Waals surface area contributed by atoms with Crippen LogP contribution in [0.2, 0.25) is 0 Å². The predicted octanol–water partition coefficient (Wildman–Crippen LogP) is 5.05. The second-order valence-corrected chi connectivity index (χ2v) is 5.47. The lowest BCUT2D eigenvalue weighted by Crippen LogP contribution is -2.16. The summed E-state index contributed by atoms with van der Waals surface area (Å²) in [6.07, 6.45) is 1.71. The topological polar surface area (TPSA) is 17.1 Å². The molecule has 2 aromatic rings. The third-order valence-electron chi connectivity index (χ3n) is 3.79. The van der Waals surface area contributed by atoms with Crippen molar-refractivity contribution in [1.82, 2.24) is 0 Å². The van der Waals surface area contributed by atoms with Gasteiger partial charge in [-0.25, -0.2) is 8.78 Å². The number of hydrogen-bond acceptors (Lipinski definition) is 1. The Balaban J connectivity index is 2.29. The van der Waals surface area contributed by atoms with E-state index in [0.717, 1.165) is 24.3 Å². The number of alkyl halides is 6. The van der Waals surface area contributed by atoms with Gasteiger partial charge in [0.15, 0.2) is 13.3 Å². The maximum atomic E-state index is 13.3. The standard InChI is InChI=1S/C18H13F6O/c19-10-17(21,22)14-5-1-12(2-6-14)16(9-25)13-3-7-15(8-4-13)18(23,24)11-20/h1-8,16H,10-11H2. The quantitative estimate of drug-likeness (QED) is 0.632. The predicted molar refractivity (Wildman–Crippen MR) is 80.2 cm³/mol. The average Bonchev–Trinajstić information content (AvgIpc) is 2.63. The molecule has 7 heteroatoms.